The number of fused-ring (bicyclic) bond motifs is 10. The van der Waals surface area contributed by atoms with E-state index < -0.39 is 20.7 Å². The van der Waals surface area contributed by atoms with Gasteiger partial charge in [0.15, 0.2) is 0 Å². The van der Waals surface area contributed by atoms with Crippen LogP contribution in [0.1, 0.15) is 62.3 Å². The fourth-order valence-corrected chi connectivity index (χ4v) is 19.5. The SMILES string of the molecule is Cc1cc2[se]c(C3=Cc4cc5c(cc4C3)-c3cc4c(cc3C5)-c3cc5c(cc3C4)C=C(c3cc4[se]c(C(F)(F)F)cc4[se]3)C5)cc2[se]1. The van der Waals surface area contributed by atoms with Crippen LogP contribution < -0.4 is 0 Å². The van der Waals surface area contributed by atoms with Crippen LogP contribution in [0.5, 0.6) is 0 Å². The van der Waals surface area contributed by atoms with Crippen LogP contribution in [0.25, 0.3) is 62.6 Å². The number of aryl methyl sites for hydroxylation is 1. The molecule has 7 heteroatoms. The Kier molecular flexibility index (Phi) is 5.89. The van der Waals surface area contributed by atoms with Crippen LogP contribution in [0.15, 0.2) is 60.7 Å². The van der Waals surface area contributed by atoms with Gasteiger partial charge in [0.1, 0.15) is 0 Å². The second kappa shape index (κ2) is 9.78. The average Bonchev–Trinajstić information content (AvgIpc) is 3.85. The average molecular weight is 876 g/mol. The maximum absolute atomic E-state index is 13.2. The van der Waals surface area contributed by atoms with Crippen molar-refractivity contribution in [2.45, 2.75) is 38.8 Å². The van der Waals surface area contributed by atoms with Gasteiger partial charge in [-0.15, -0.1) is 0 Å². The molecule has 47 heavy (non-hydrogen) atoms. The number of alkyl halides is 3. The van der Waals surface area contributed by atoms with Crippen LogP contribution >= 0.6 is 0 Å². The van der Waals surface area contributed by atoms with Crippen LogP contribution in [0.2, 0.25) is 0 Å². The molecule has 0 spiro atoms. The Labute approximate surface area is 293 Å². The van der Waals surface area contributed by atoms with Crippen molar-refractivity contribution in [2.24, 2.45) is 0 Å². The zero-order chi connectivity index (χ0) is 31.3. The minimum atomic E-state index is -4.19. The summed E-state index contributed by atoms with van der Waals surface area (Å²) in [7, 11) is 0. The molecule has 7 aromatic rings. The molecular weight excluding hydrogens is 853 g/mol. The molecule has 0 nitrogen and oxygen atoms in total. The maximum atomic E-state index is 13.2. The van der Waals surface area contributed by atoms with Crippen LogP contribution in [0, 0.1) is 6.92 Å². The summed E-state index contributed by atoms with van der Waals surface area (Å²) in [4.78, 5) is 0. The number of halogens is 3. The molecule has 0 unspecified atom stereocenters. The van der Waals surface area contributed by atoms with Gasteiger partial charge in [0.25, 0.3) is 0 Å². The molecule has 4 aliphatic rings. The standard InChI is InChI=1S/C40H23F3Se4/c1-18-2-35-36(44-18)15-33(45-35)27-5-19-3-23-9-25-14-32-26(13-31(25)29(23)11-21(19)7-27)10-24-4-20-6-28(8-22(20)12-30(24)32)34-16-37-38(46-34)17-39(47-37)40(41,42)43/h2-6,11-17H,7-10H2,1H3. The first-order valence-electron chi connectivity index (χ1n) is 15.7. The third kappa shape index (κ3) is 4.32. The predicted octanol–water partition coefficient (Wildman–Crippen LogP) is 8.88. The normalized spacial score (nSPS) is 15.6. The van der Waals surface area contributed by atoms with Crippen molar-refractivity contribution in [2.75, 3.05) is 0 Å². The molecule has 4 heterocycles. The van der Waals surface area contributed by atoms with Crippen molar-refractivity contribution in [1.29, 1.82) is 0 Å². The Hall–Kier alpha value is -2.55. The van der Waals surface area contributed by atoms with Gasteiger partial charge in [-0.25, -0.2) is 0 Å². The molecule has 0 fully saturated rings. The molecule has 0 saturated carbocycles. The van der Waals surface area contributed by atoms with E-state index in [1.807, 2.05) is 0 Å². The Bertz CT molecular complexity index is 2560. The quantitative estimate of drug-likeness (QED) is 0.153. The minimum absolute atomic E-state index is 0.0381. The second-order valence-electron chi connectivity index (χ2n) is 13.3. The first kappa shape index (κ1) is 28.3. The number of rotatable bonds is 2. The summed E-state index contributed by atoms with van der Waals surface area (Å²) in [5.74, 6) is 0. The van der Waals surface area contributed by atoms with E-state index in [0.717, 1.165) is 34.2 Å². The van der Waals surface area contributed by atoms with E-state index in [4.69, 9.17) is 0 Å². The molecule has 0 aliphatic heterocycles. The summed E-state index contributed by atoms with van der Waals surface area (Å²) in [5, 5.41) is 0. The summed E-state index contributed by atoms with van der Waals surface area (Å²) in [6.07, 6.45) is 4.47. The predicted molar refractivity (Wildman–Crippen MR) is 191 cm³/mol. The molecule has 228 valence electrons. The van der Waals surface area contributed by atoms with E-state index in [-0.39, 0.29) is 18.9 Å². The molecule has 4 aliphatic carbocycles. The van der Waals surface area contributed by atoms with Gasteiger partial charge in [0.05, 0.1) is 0 Å². The zero-order valence-corrected chi connectivity index (χ0v) is 31.9. The van der Waals surface area contributed by atoms with E-state index in [9.17, 15) is 13.2 Å². The molecular formula is C40H23F3Se4. The first-order valence-corrected chi connectivity index (χ1v) is 22.6. The summed E-state index contributed by atoms with van der Waals surface area (Å²) in [6, 6.07) is 23.2. The molecule has 0 atom stereocenters. The van der Waals surface area contributed by atoms with E-state index in [2.05, 4.69) is 73.7 Å². The fourth-order valence-electron chi connectivity index (χ4n) is 8.13. The molecule has 4 aromatic heterocycles. The van der Waals surface area contributed by atoms with Gasteiger partial charge < -0.3 is 0 Å². The van der Waals surface area contributed by atoms with Crippen molar-refractivity contribution in [3.8, 4) is 22.3 Å². The van der Waals surface area contributed by atoms with E-state index in [1.54, 1.807) is 17.4 Å². The molecule has 0 N–H and O–H groups in total. The number of hydrogen-bond acceptors (Lipinski definition) is 0. The summed E-state index contributed by atoms with van der Waals surface area (Å²) < 4.78 is 48.9. The Morgan fingerprint density at radius 1 is 0.468 bits per heavy atom. The Balaban J connectivity index is 0.878. The van der Waals surface area contributed by atoms with Crippen molar-refractivity contribution in [3.63, 3.8) is 0 Å². The Morgan fingerprint density at radius 2 is 0.915 bits per heavy atom. The van der Waals surface area contributed by atoms with Gasteiger partial charge in [-0.2, -0.15) is 0 Å². The van der Waals surface area contributed by atoms with E-state index in [1.165, 1.54) is 88.4 Å². The number of benzene rings is 3. The summed E-state index contributed by atoms with van der Waals surface area (Å²) in [6.45, 7) is 2.28. The molecule has 0 saturated heterocycles. The van der Waals surface area contributed by atoms with Crippen LogP contribution in [-0.4, -0.2) is 58.0 Å². The van der Waals surface area contributed by atoms with Gasteiger partial charge >= 0.3 is 295 Å². The van der Waals surface area contributed by atoms with Crippen LogP contribution in [0.4, 0.5) is 13.2 Å². The monoisotopic (exact) mass is 880 g/mol. The third-order valence-electron chi connectivity index (χ3n) is 10.3. The number of hydrogen-bond donors (Lipinski definition) is 0. The van der Waals surface area contributed by atoms with Crippen LogP contribution in [-0.2, 0) is 31.9 Å². The van der Waals surface area contributed by atoms with Gasteiger partial charge in [0.2, 0.25) is 0 Å². The van der Waals surface area contributed by atoms with E-state index in [0.29, 0.717) is 29.0 Å². The van der Waals surface area contributed by atoms with Gasteiger partial charge in [0, 0.05) is 0 Å². The van der Waals surface area contributed by atoms with Crippen molar-refractivity contribution in [1.82, 2.24) is 0 Å². The molecule has 11 rings (SSSR count). The topological polar surface area (TPSA) is 0 Å². The zero-order valence-electron chi connectivity index (χ0n) is 25.0. The summed E-state index contributed by atoms with van der Waals surface area (Å²) >= 11 is 0.343. The first-order chi connectivity index (χ1) is 22.7. The molecule has 3 aromatic carbocycles. The van der Waals surface area contributed by atoms with Gasteiger partial charge in [-0.05, 0) is 0 Å². The Morgan fingerprint density at radius 3 is 1.40 bits per heavy atom. The van der Waals surface area contributed by atoms with Crippen LogP contribution in [0.3, 0.4) is 0 Å². The number of allylic oxidation sites excluding steroid dienone is 2. The molecule has 0 bridgehead atoms. The van der Waals surface area contributed by atoms with Gasteiger partial charge in [-0.3, -0.25) is 0 Å². The van der Waals surface area contributed by atoms with Gasteiger partial charge in [-0.1, -0.05) is 0 Å². The fraction of sp³-hybridized carbons (Fsp3) is 0.150. The molecule has 0 amide bonds. The van der Waals surface area contributed by atoms with Crippen molar-refractivity contribution >= 4 is 98.4 Å². The third-order valence-corrected chi connectivity index (χ3v) is 20.9. The van der Waals surface area contributed by atoms with Crippen molar-refractivity contribution in [3.05, 3.63) is 123 Å². The summed E-state index contributed by atoms with van der Waals surface area (Å²) in [5.41, 5.74) is 19.7. The second-order valence-corrected chi connectivity index (χ2v) is 22.8. The van der Waals surface area contributed by atoms with E-state index >= 15 is 0 Å². The molecule has 0 radical (unpaired) electrons. The van der Waals surface area contributed by atoms with Crippen molar-refractivity contribution < 1.29 is 13.2 Å².